The van der Waals surface area contributed by atoms with Gasteiger partial charge in [0.1, 0.15) is 0 Å². The average molecular weight is 138 g/mol. The molecule has 1 heteroatoms. The topological polar surface area (TPSA) is 9.23 Å². The number of hydrogen-bond donors (Lipinski definition) is 0. The Morgan fingerprint density at radius 2 is 2.40 bits per heavy atom. The summed E-state index contributed by atoms with van der Waals surface area (Å²) in [4.78, 5) is 0. The molecular formula is C9H14O. The molecule has 0 rings (SSSR count). The molecule has 0 spiro atoms. The fourth-order valence-electron chi connectivity index (χ4n) is 0.618. The lowest BCUT2D eigenvalue weighted by molar-refractivity contribution is 0.0802. The minimum Gasteiger partial charge on any atom is -0.378 e. The van der Waals surface area contributed by atoms with Crippen molar-refractivity contribution in [1.82, 2.24) is 0 Å². The first-order valence-corrected chi connectivity index (χ1v) is 3.52. The summed E-state index contributed by atoms with van der Waals surface area (Å²) < 4.78 is 5.25. The van der Waals surface area contributed by atoms with Gasteiger partial charge >= 0.3 is 0 Å². The zero-order chi connectivity index (χ0) is 7.82. The Morgan fingerprint density at radius 1 is 1.70 bits per heavy atom. The van der Waals surface area contributed by atoms with Crippen molar-refractivity contribution in [3.8, 4) is 11.8 Å². The van der Waals surface area contributed by atoms with E-state index in [0.717, 1.165) is 13.0 Å². The highest BCUT2D eigenvalue weighted by Gasteiger charge is 1.94. The predicted molar refractivity (Wildman–Crippen MR) is 43.7 cm³/mol. The van der Waals surface area contributed by atoms with E-state index in [1.165, 1.54) is 0 Å². The first kappa shape index (κ1) is 9.26. The van der Waals surface area contributed by atoms with Crippen LogP contribution in [-0.4, -0.2) is 12.7 Å². The van der Waals surface area contributed by atoms with Gasteiger partial charge in [0.15, 0.2) is 0 Å². The lowest BCUT2D eigenvalue weighted by Gasteiger charge is -2.05. The van der Waals surface area contributed by atoms with E-state index >= 15 is 0 Å². The third-order valence-corrected chi connectivity index (χ3v) is 1.04. The molecule has 56 valence electrons. The second kappa shape index (κ2) is 6.38. The van der Waals surface area contributed by atoms with E-state index in [1.807, 2.05) is 13.8 Å². The molecule has 1 unspecified atom stereocenters. The van der Waals surface area contributed by atoms with Gasteiger partial charge in [-0.15, -0.1) is 0 Å². The summed E-state index contributed by atoms with van der Waals surface area (Å²) in [5, 5.41) is 0. The molecule has 0 amide bonds. The molecule has 0 heterocycles. The van der Waals surface area contributed by atoms with Crippen molar-refractivity contribution in [1.29, 1.82) is 0 Å². The fraction of sp³-hybridized carbons (Fsp3) is 0.556. The Labute approximate surface area is 63.1 Å². The first-order chi connectivity index (χ1) is 4.81. The standard InChI is InChI=1S/C9H14O/c1-4-6-7-8-9(3)10-5-2/h4,9H,1,5,8H2,2-3H3. The molecule has 0 aromatic rings. The van der Waals surface area contributed by atoms with Crippen LogP contribution < -0.4 is 0 Å². The van der Waals surface area contributed by atoms with Gasteiger partial charge in [0.2, 0.25) is 0 Å². The second-order valence-electron chi connectivity index (χ2n) is 2.00. The smallest absolute Gasteiger partial charge is 0.0656 e. The average Bonchev–Trinajstić information content (AvgIpc) is 1.89. The van der Waals surface area contributed by atoms with Crippen LogP contribution in [0.25, 0.3) is 0 Å². The van der Waals surface area contributed by atoms with E-state index in [9.17, 15) is 0 Å². The summed E-state index contributed by atoms with van der Waals surface area (Å²) >= 11 is 0. The number of ether oxygens (including phenoxy) is 1. The van der Waals surface area contributed by atoms with Gasteiger partial charge < -0.3 is 4.74 Å². The lowest BCUT2D eigenvalue weighted by Crippen LogP contribution is -2.05. The number of allylic oxidation sites excluding steroid dienone is 1. The molecule has 0 aromatic heterocycles. The Bertz CT molecular complexity index is 139. The van der Waals surface area contributed by atoms with Gasteiger partial charge in [-0.2, -0.15) is 0 Å². The van der Waals surface area contributed by atoms with Crippen molar-refractivity contribution in [2.45, 2.75) is 26.4 Å². The molecular weight excluding hydrogens is 124 g/mol. The highest BCUT2D eigenvalue weighted by molar-refractivity contribution is 5.12. The zero-order valence-electron chi connectivity index (χ0n) is 6.68. The highest BCUT2D eigenvalue weighted by atomic mass is 16.5. The summed E-state index contributed by atoms with van der Waals surface area (Å²) in [5.74, 6) is 5.70. The van der Waals surface area contributed by atoms with Gasteiger partial charge in [0.25, 0.3) is 0 Å². The van der Waals surface area contributed by atoms with Gasteiger partial charge in [-0.3, -0.25) is 0 Å². The zero-order valence-corrected chi connectivity index (χ0v) is 6.68. The van der Waals surface area contributed by atoms with Crippen LogP contribution in [0.4, 0.5) is 0 Å². The van der Waals surface area contributed by atoms with E-state index in [0.29, 0.717) is 0 Å². The number of rotatable bonds is 3. The quantitative estimate of drug-likeness (QED) is 0.542. The van der Waals surface area contributed by atoms with Gasteiger partial charge in [-0.25, -0.2) is 0 Å². The van der Waals surface area contributed by atoms with Crippen molar-refractivity contribution in [3.05, 3.63) is 12.7 Å². The third kappa shape index (κ3) is 5.40. The third-order valence-electron chi connectivity index (χ3n) is 1.04. The summed E-state index contributed by atoms with van der Waals surface area (Å²) in [6.45, 7) is 8.25. The molecule has 0 fully saturated rings. The van der Waals surface area contributed by atoms with Crippen LogP contribution in [0.5, 0.6) is 0 Å². The molecule has 0 bridgehead atoms. The maximum Gasteiger partial charge on any atom is 0.0656 e. The Kier molecular flexibility index (Phi) is 5.91. The van der Waals surface area contributed by atoms with Crippen LogP contribution in [0.1, 0.15) is 20.3 Å². The molecule has 0 saturated heterocycles. The molecule has 0 aliphatic heterocycles. The largest absolute Gasteiger partial charge is 0.378 e. The van der Waals surface area contributed by atoms with Crippen molar-refractivity contribution in [2.75, 3.05) is 6.61 Å². The van der Waals surface area contributed by atoms with Crippen LogP contribution >= 0.6 is 0 Å². The van der Waals surface area contributed by atoms with E-state index in [-0.39, 0.29) is 6.10 Å². The highest BCUT2D eigenvalue weighted by Crippen LogP contribution is 1.94. The van der Waals surface area contributed by atoms with Crippen molar-refractivity contribution < 1.29 is 4.74 Å². The molecule has 0 aliphatic rings. The Balaban J connectivity index is 3.37. The first-order valence-electron chi connectivity index (χ1n) is 3.52. The van der Waals surface area contributed by atoms with E-state index in [2.05, 4.69) is 18.4 Å². The SMILES string of the molecule is C=CC#CCC(C)OCC. The van der Waals surface area contributed by atoms with Crippen LogP contribution in [0.15, 0.2) is 12.7 Å². The molecule has 0 radical (unpaired) electrons. The van der Waals surface area contributed by atoms with Crippen LogP contribution in [-0.2, 0) is 4.74 Å². The maximum absolute atomic E-state index is 5.25. The van der Waals surface area contributed by atoms with Gasteiger partial charge in [0, 0.05) is 13.0 Å². The lowest BCUT2D eigenvalue weighted by atomic mass is 10.3. The normalized spacial score (nSPS) is 11.4. The maximum atomic E-state index is 5.25. The summed E-state index contributed by atoms with van der Waals surface area (Å²) in [6.07, 6.45) is 2.64. The fourth-order valence-corrected chi connectivity index (χ4v) is 0.618. The number of hydrogen-bond acceptors (Lipinski definition) is 1. The minimum absolute atomic E-state index is 0.248. The molecule has 10 heavy (non-hydrogen) atoms. The molecule has 0 saturated carbocycles. The van der Waals surface area contributed by atoms with Gasteiger partial charge in [-0.05, 0) is 19.9 Å². The van der Waals surface area contributed by atoms with Crippen LogP contribution in [0.3, 0.4) is 0 Å². The molecule has 0 N–H and O–H groups in total. The van der Waals surface area contributed by atoms with Gasteiger partial charge in [-0.1, -0.05) is 18.4 Å². The van der Waals surface area contributed by atoms with E-state index in [4.69, 9.17) is 4.74 Å². The second-order valence-corrected chi connectivity index (χ2v) is 2.00. The Hall–Kier alpha value is -0.740. The monoisotopic (exact) mass is 138 g/mol. The van der Waals surface area contributed by atoms with E-state index in [1.54, 1.807) is 6.08 Å². The molecule has 0 aromatic carbocycles. The summed E-state index contributed by atoms with van der Waals surface area (Å²) in [7, 11) is 0. The summed E-state index contributed by atoms with van der Waals surface area (Å²) in [5.41, 5.74) is 0. The molecule has 1 atom stereocenters. The van der Waals surface area contributed by atoms with Crippen LogP contribution in [0.2, 0.25) is 0 Å². The predicted octanol–water partition coefficient (Wildman–Crippen LogP) is 1.99. The van der Waals surface area contributed by atoms with Crippen molar-refractivity contribution in [2.24, 2.45) is 0 Å². The Morgan fingerprint density at radius 3 is 2.90 bits per heavy atom. The van der Waals surface area contributed by atoms with Crippen molar-refractivity contribution >= 4 is 0 Å². The van der Waals surface area contributed by atoms with Gasteiger partial charge in [0.05, 0.1) is 6.10 Å². The molecule has 0 aliphatic carbocycles. The summed E-state index contributed by atoms with van der Waals surface area (Å²) in [6, 6.07) is 0. The van der Waals surface area contributed by atoms with E-state index < -0.39 is 0 Å². The minimum atomic E-state index is 0.248. The van der Waals surface area contributed by atoms with Crippen LogP contribution in [0, 0.1) is 11.8 Å². The van der Waals surface area contributed by atoms with Crippen molar-refractivity contribution in [3.63, 3.8) is 0 Å². The molecule has 1 nitrogen and oxygen atoms in total.